The van der Waals surface area contributed by atoms with Crippen LogP contribution in [0.3, 0.4) is 0 Å². The van der Waals surface area contributed by atoms with Gasteiger partial charge in [0, 0.05) is 19.8 Å². The number of ether oxygens (including phenoxy) is 3. The van der Waals surface area contributed by atoms with Crippen LogP contribution in [0.5, 0.6) is 0 Å². The molecule has 1 rings (SSSR count). The molecule has 0 aromatic heterocycles. The number of hydrogen-bond acceptors (Lipinski definition) is 10. The molecule has 1 heterocycles. The summed E-state index contributed by atoms with van der Waals surface area (Å²) in [5.41, 5.74) is 0. The summed E-state index contributed by atoms with van der Waals surface area (Å²) in [6, 6.07) is 0. The highest BCUT2D eigenvalue weighted by Gasteiger charge is 2.41. The van der Waals surface area contributed by atoms with Gasteiger partial charge in [0.05, 0.1) is 12.5 Å². The zero-order chi connectivity index (χ0) is 26.4. The largest absolute Gasteiger partial charge is 0.428 e. The van der Waals surface area contributed by atoms with Gasteiger partial charge < -0.3 is 19.1 Å². The molecular formula is C26H38N4O6. The molecule has 2 atom stereocenters. The third-order valence-corrected chi connectivity index (χ3v) is 6.08. The molecule has 0 saturated carbocycles. The van der Waals surface area contributed by atoms with E-state index in [1.54, 1.807) is 18.7 Å². The van der Waals surface area contributed by atoms with E-state index < -0.39 is 17.8 Å². The second kappa shape index (κ2) is 19.9. The number of carbonyl (C=O) groups is 2. The van der Waals surface area contributed by atoms with Crippen molar-refractivity contribution in [2.45, 2.75) is 77.0 Å². The molecule has 2 unspecified atom stereocenters. The number of nitrogens with zero attached hydrogens (tertiary/aromatic N) is 4. The van der Waals surface area contributed by atoms with Crippen LogP contribution < -0.4 is 0 Å². The highest BCUT2D eigenvalue weighted by Crippen LogP contribution is 2.33. The second-order valence-electron chi connectivity index (χ2n) is 8.91. The third-order valence-electron chi connectivity index (χ3n) is 6.08. The molecule has 0 aromatic rings. The van der Waals surface area contributed by atoms with Crippen LogP contribution in [0.4, 0.5) is 0 Å². The van der Waals surface area contributed by atoms with E-state index in [-0.39, 0.29) is 5.78 Å². The number of esters is 1. The van der Waals surface area contributed by atoms with Gasteiger partial charge in [-0.3, -0.25) is 9.59 Å². The van der Waals surface area contributed by atoms with Crippen molar-refractivity contribution in [1.82, 2.24) is 4.90 Å². The van der Waals surface area contributed by atoms with E-state index >= 15 is 0 Å². The van der Waals surface area contributed by atoms with E-state index in [9.17, 15) is 14.4 Å². The van der Waals surface area contributed by atoms with Crippen LogP contribution in [0.15, 0.2) is 17.0 Å². The van der Waals surface area contributed by atoms with Crippen molar-refractivity contribution in [3.63, 3.8) is 0 Å². The maximum Gasteiger partial charge on any atom is 0.321 e. The number of nitriles is 2. The highest BCUT2D eigenvalue weighted by atomic mass is 16.5. The zero-order valence-corrected chi connectivity index (χ0v) is 21.3. The van der Waals surface area contributed by atoms with Crippen molar-refractivity contribution in [2.24, 2.45) is 16.8 Å². The first kappa shape index (κ1) is 30.7. The number of rotatable bonds is 20. The number of isocyanates is 1. The van der Waals surface area contributed by atoms with Crippen molar-refractivity contribution in [3.05, 3.63) is 12.0 Å². The Labute approximate surface area is 213 Å². The van der Waals surface area contributed by atoms with Gasteiger partial charge in [-0.05, 0) is 38.5 Å². The number of cyclic esters (lactones) is 1. The molecule has 1 aliphatic heterocycles. The number of Topliss-reactive ketones (excluding diaryl/α,β-unsaturated/α-hetero) is 1. The molecule has 198 valence electrons. The summed E-state index contributed by atoms with van der Waals surface area (Å²) >= 11 is 0. The van der Waals surface area contributed by atoms with Crippen LogP contribution in [-0.4, -0.2) is 56.1 Å². The number of aliphatic imine (C=N–C) groups is 1. The van der Waals surface area contributed by atoms with Crippen molar-refractivity contribution in [3.8, 4) is 12.5 Å². The SMILES string of the molecule is CN(/C=C1/OC(=O)C(CCCCCCN=C=O)C(=O)C1CCCCCCOC#N)CCCCOC#N. The van der Waals surface area contributed by atoms with E-state index in [0.717, 1.165) is 64.2 Å². The van der Waals surface area contributed by atoms with Crippen LogP contribution in [-0.2, 0) is 28.6 Å². The molecule has 0 aliphatic carbocycles. The predicted octanol–water partition coefficient (Wildman–Crippen LogP) is 4.13. The number of hydrogen-bond donors (Lipinski definition) is 0. The fourth-order valence-corrected chi connectivity index (χ4v) is 4.14. The molecule has 36 heavy (non-hydrogen) atoms. The second-order valence-corrected chi connectivity index (χ2v) is 8.91. The van der Waals surface area contributed by atoms with Crippen LogP contribution in [0.25, 0.3) is 0 Å². The number of unbranched alkanes of at least 4 members (excludes halogenated alkanes) is 7. The van der Waals surface area contributed by atoms with Gasteiger partial charge in [-0.2, -0.15) is 10.5 Å². The number of carbonyl (C=O) groups excluding carboxylic acids is 3. The van der Waals surface area contributed by atoms with Crippen molar-refractivity contribution >= 4 is 17.8 Å². The van der Waals surface area contributed by atoms with E-state index in [0.29, 0.717) is 44.9 Å². The predicted molar refractivity (Wildman–Crippen MR) is 130 cm³/mol. The van der Waals surface area contributed by atoms with Gasteiger partial charge in [0.1, 0.15) is 24.9 Å². The van der Waals surface area contributed by atoms with Gasteiger partial charge in [0.15, 0.2) is 5.78 Å². The Morgan fingerprint density at radius 2 is 1.47 bits per heavy atom. The zero-order valence-electron chi connectivity index (χ0n) is 21.3. The summed E-state index contributed by atoms with van der Waals surface area (Å²) in [5, 5.41) is 16.9. The molecule has 0 spiro atoms. The summed E-state index contributed by atoms with van der Waals surface area (Å²) in [6.45, 7) is 1.89. The van der Waals surface area contributed by atoms with E-state index in [4.69, 9.17) is 20.0 Å². The Morgan fingerprint density at radius 1 is 0.889 bits per heavy atom. The van der Waals surface area contributed by atoms with Gasteiger partial charge in [-0.1, -0.05) is 38.5 Å². The molecule has 1 aliphatic rings. The summed E-state index contributed by atoms with van der Waals surface area (Å²) in [7, 11) is 1.86. The summed E-state index contributed by atoms with van der Waals surface area (Å²) in [4.78, 5) is 41.6. The average molecular weight is 503 g/mol. The molecule has 0 amide bonds. The molecule has 0 N–H and O–H groups in total. The van der Waals surface area contributed by atoms with E-state index in [1.165, 1.54) is 6.08 Å². The molecule has 1 saturated heterocycles. The Morgan fingerprint density at radius 3 is 2.11 bits per heavy atom. The van der Waals surface area contributed by atoms with Gasteiger partial charge in [0.25, 0.3) is 12.5 Å². The lowest BCUT2D eigenvalue weighted by atomic mass is 9.82. The lowest BCUT2D eigenvalue weighted by Crippen LogP contribution is -2.39. The molecule has 10 heteroatoms. The minimum absolute atomic E-state index is 0.0771. The molecule has 0 aromatic carbocycles. The standard InChI is InChI=1S/C26H38N4O6/c1-30(15-9-11-17-35-20-28)18-24-22(12-6-3-5-10-16-34-19-27)25(32)23(26(33)36-24)13-7-2-4-8-14-29-21-31/h18,22-23H,2-17H2,1H3/b24-18+. The maximum atomic E-state index is 13.3. The molecule has 0 radical (unpaired) electrons. The van der Waals surface area contributed by atoms with Crippen LogP contribution in [0.1, 0.15) is 77.0 Å². The fourth-order valence-electron chi connectivity index (χ4n) is 4.14. The normalized spacial score (nSPS) is 18.0. The fraction of sp³-hybridized carbons (Fsp3) is 0.731. The average Bonchev–Trinajstić information content (AvgIpc) is 2.86. The van der Waals surface area contributed by atoms with Crippen molar-refractivity contribution in [1.29, 1.82) is 10.5 Å². The first-order chi connectivity index (χ1) is 17.5. The minimum atomic E-state index is -0.752. The summed E-state index contributed by atoms with van der Waals surface area (Å²) in [6.07, 6.45) is 15.7. The first-order valence-electron chi connectivity index (χ1n) is 12.8. The smallest absolute Gasteiger partial charge is 0.321 e. The quantitative estimate of drug-likeness (QED) is 0.0599. The van der Waals surface area contributed by atoms with E-state index in [2.05, 4.69) is 9.73 Å². The number of allylic oxidation sites excluding steroid dienone is 1. The Balaban J connectivity index is 2.69. The lowest BCUT2D eigenvalue weighted by molar-refractivity contribution is -0.156. The Kier molecular flexibility index (Phi) is 16.9. The third kappa shape index (κ3) is 12.9. The van der Waals surface area contributed by atoms with Crippen LogP contribution in [0, 0.1) is 34.9 Å². The Bertz CT molecular complexity index is 825. The summed E-state index contributed by atoms with van der Waals surface area (Å²) in [5.74, 6) is -1.38. The van der Waals surface area contributed by atoms with Crippen LogP contribution in [0.2, 0.25) is 0 Å². The minimum Gasteiger partial charge on any atom is -0.428 e. The van der Waals surface area contributed by atoms with Gasteiger partial charge in [-0.25, -0.2) is 9.79 Å². The number of ketones is 1. The summed E-state index contributed by atoms with van der Waals surface area (Å²) < 4.78 is 15.1. The topological polar surface area (TPSA) is 142 Å². The monoisotopic (exact) mass is 502 g/mol. The van der Waals surface area contributed by atoms with Crippen LogP contribution >= 0.6 is 0 Å². The molecule has 0 bridgehead atoms. The van der Waals surface area contributed by atoms with Gasteiger partial charge >= 0.3 is 5.97 Å². The van der Waals surface area contributed by atoms with Gasteiger partial charge in [0.2, 0.25) is 6.08 Å². The highest BCUT2D eigenvalue weighted by molar-refractivity contribution is 6.03. The molecule has 1 fully saturated rings. The van der Waals surface area contributed by atoms with E-state index in [1.807, 2.05) is 11.9 Å². The van der Waals surface area contributed by atoms with Crippen molar-refractivity contribution in [2.75, 3.05) is 33.4 Å². The lowest BCUT2D eigenvalue weighted by Gasteiger charge is -2.30. The van der Waals surface area contributed by atoms with Gasteiger partial charge in [-0.15, -0.1) is 0 Å². The first-order valence-corrected chi connectivity index (χ1v) is 12.8. The van der Waals surface area contributed by atoms with Crippen molar-refractivity contribution < 1.29 is 28.6 Å². The molecular weight excluding hydrogens is 464 g/mol. The molecule has 10 nitrogen and oxygen atoms in total. The maximum absolute atomic E-state index is 13.3. The Hall–Kier alpha value is -3.36.